The van der Waals surface area contributed by atoms with Crippen LogP contribution in [0.5, 0.6) is 0 Å². The van der Waals surface area contributed by atoms with Gasteiger partial charge in [0.1, 0.15) is 0 Å². The zero-order valence-electron chi connectivity index (χ0n) is 10.5. The van der Waals surface area contributed by atoms with E-state index in [1.165, 1.54) is 0 Å². The van der Waals surface area contributed by atoms with Crippen molar-refractivity contribution in [2.75, 3.05) is 0 Å². The van der Waals surface area contributed by atoms with Gasteiger partial charge in [-0.1, -0.05) is 20.8 Å². The first-order chi connectivity index (χ1) is 7.34. The third kappa shape index (κ3) is 3.32. The molecule has 2 N–H and O–H groups in total. The average molecular weight is 226 g/mol. The molecule has 0 spiro atoms. The highest BCUT2D eigenvalue weighted by Gasteiger charge is 2.29. The van der Waals surface area contributed by atoms with Gasteiger partial charge in [-0.3, -0.25) is 4.68 Å². The number of aliphatic hydroxyl groups is 2. The van der Waals surface area contributed by atoms with E-state index in [9.17, 15) is 10.2 Å². The molecule has 1 aromatic heterocycles. The summed E-state index contributed by atoms with van der Waals surface area (Å²) in [7, 11) is 0. The molecule has 2 unspecified atom stereocenters. The molecule has 0 aromatic carbocycles. The normalized spacial score (nSPS) is 16.1. The third-order valence-electron chi connectivity index (χ3n) is 2.71. The van der Waals surface area contributed by atoms with Gasteiger partial charge in [0.25, 0.3) is 0 Å². The Hall–Kier alpha value is -0.870. The molecular weight excluding hydrogens is 204 g/mol. The molecule has 4 heteroatoms. The van der Waals surface area contributed by atoms with E-state index in [-0.39, 0.29) is 5.41 Å². The number of aliphatic hydroxyl groups excluding tert-OH is 2. The standard InChI is InChI=1S/C12H22N2O2/c1-5-14-8-9(7-13-14)6-10(15)11(16)12(2,3)4/h7-8,10-11,15-16H,5-6H2,1-4H3. The molecule has 0 fully saturated rings. The van der Waals surface area contributed by atoms with Crippen molar-refractivity contribution in [2.45, 2.75) is 52.9 Å². The van der Waals surface area contributed by atoms with Crippen LogP contribution in [0, 0.1) is 5.41 Å². The fourth-order valence-electron chi connectivity index (χ4n) is 1.62. The van der Waals surface area contributed by atoms with Crippen LogP contribution in [0.3, 0.4) is 0 Å². The molecule has 2 atom stereocenters. The average Bonchev–Trinajstić information content (AvgIpc) is 2.63. The van der Waals surface area contributed by atoms with Crippen molar-refractivity contribution in [2.24, 2.45) is 5.41 Å². The molecule has 92 valence electrons. The lowest BCUT2D eigenvalue weighted by atomic mass is 9.84. The van der Waals surface area contributed by atoms with E-state index in [2.05, 4.69) is 5.10 Å². The molecule has 1 rings (SSSR count). The van der Waals surface area contributed by atoms with Crippen LogP contribution in [0.25, 0.3) is 0 Å². The van der Waals surface area contributed by atoms with Gasteiger partial charge in [-0.05, 0) is 17.9 Å². The number of aryl methyl sites for hydroxylation is 1. The summed E-state index contributed by atoms with van der Waals surface area (Å²) in [5.74, 6) is 0. The Kier molecular flexibility index (Phi) is 4.10. The second kappa shape index (κ2) is 4.97. The quantitative estimate of drug-likeness (QED) is 0.811. The SMILES string of the molecule is CCn1cc(CC(O)C(O)C(C)(C)C)cn1. The summed E-state index contributed by atoms with van der Waals surface area (Å²) in [6, 6.07) is 0. The molecule has 0 saturated heterocycles. The molecule has 0 saturated carbocycles. The number of hydrogen-bond acceptors (Lipinski definition) is 3. The van der Waals surface area contributed by atoms with Crippen LogP contribution in [0.4, 0.5) is 0 Å². The smallest absolute Gasteiger partial charge is 0.0850 e. The van der Waals surface area contributed by atoms with Crippen molar-refractivity contribution in [3.05, 3.63) is 18.0 Å². The molecule has 0 aliphatic rings. The number of hydrogen-bond donors (Lipinski definition) is 2. The highest BCUT2D eigenvalue weighted by atomic mass is 16.3. The van der Waals surface area contributed by atoms with Gasteiger partial charge >= 0.3 is 0 Å². The van der Waals surface area contributed by atoms with Gasteiger partial charge < -0.3 is 10.2 Å². The number of nitrogens with zero attached hydrogens (tertiary/aromatic N) is 2. The van der Waals surface area contributed by atoms with Crippen molar-refractivity contribution in [1.29, 1.82) is 0 Å². The van der Waals surface area contributed by atoms with Crippen LogP contribution in [-0.4, -0.2) is 32.2 Å². The summed E-state index contributed by atoms with van der Waals surface area (Å²) in [5.41, 5.74) is 0.651. The van der Waals surface area contributed by atoms with Crippen molar-refractivity contribution in [3.8, 4) is 0 Å². The minimum atomic E-state index is -0.741. The van der Waals surface area contributed by atoms with Crippen molar-refractivity contribution in [3.63, 3.8) is 0 Å². The Morgan fingerprint density at radius 1 is 1.38 bits per heavy atom. The Morgan fingerprint density at radius 2 is 2.00 bits per heavy atom. The third-order valence-corrected chi connectivity index (χ3v) is 2.71. The van der Waals surface area contributed by atoms with E-state index in [0.717, 1.165) is 12.1 Å². The molecule has 16 heavy (non-hydrogen) atoms. The van der Waals surface area contributed by atoms with Gasteiger partial charge in [0.2, 0.25) is 0 Å². The maximum absolute atomic E-state index is 9.90. The van der Waals surface area contributed by atoms with Gasteiger partial charge in [-0.2, -0.15) is 5.10 Å². The molecule has 0 radical (unpaired) electrons. The highest BCUT2D eigenvalue weighted by molar-refractivity contribution is 5.06. The monoisotopic (exact) mass is 226 g/mol. The van der Waals surface area contributed by atoms with E-state index in [0.29, 0.717) is 6.42 Å². The lowest BCUT2D eigenvalue weighted by Crippen LogP contribution is -2.38. The Bertz CT molecular complexity index is 328. The van der Waals surface area contributed by atoms with Crippen LogP contribution in [0.15, 0.2) is 12.4 Å². The second-order valence-electron chi connectivity index (χ2n) is 5.29. The van der Waals surface area contributed by atoms with Crippen LogP contribution >= 0.6 is 0 Å². The molecule has 0 aliphatic heterocycles. The van der Waals surface area contributed by atoms with E-state index < -0.39 is 12.2 Å². The van der Waals surface area contributed by atoms with Crippen LogP contribution in [-0.2, 0) is 13.0 Å². The lowest BCUT2D eigenvalue weighted by molar-refractivity contribution is -0.0434. The minimum absolute atomic E-state index is 0.305. The highest BCUT2D eigenvalue weighted by Crippen LogP contribution is 2.23. The summed E-state index contributed by atoms with van der Waals surface area (Å²) < 4.78 is 1.81. The first kappa shape index (κ1) is 13.2. The van der Waals surface area contributed by atoms with Gasteiger partial charge in [-0.15, -0.1) is 0 Å². The summed E-state index contributed by atoms with van der Waals surface area (Å²) >= 11 is 0. The number of aromatic nitrogens is 2. The maximum atomic E-state index is 9.90. The van der Waals surface area contributed by atoms with E-state index in [1.54, 1.807) is 6.20 Å². The fraction of sp³-hybridized carbons (Fsp3) is 0.750. The van der Waals surface area contributed by atoms with Crippen molar-refractivity contribution in [1.82, 2.24) is 9.78 Å². The van der Waals surface area contributed by atoms with E-state index in [4.69, 9.17) is 0 Å². The minimum Gasteiger partial charge on any atom is -0.390 e. The topological polar surface area (TPSA) is 58.3 Å². The summed E-state index contributed by atoms with van der Waals surface area (Å²) in [6.45, 7) is 8.57. The van der Waals surface area contributed by atoms with Gasteiger partial charge in [-0.25, -0.2) is 0 Å². The largest absolute Gasteiger partial charge is 0.390 e. The Labute approximate surface area is 96.9 Å². The van der Waals surface area contributed by atoms with Gasteiger partial charge in [0.15, 0.2) is 0 Å². The first-order valence-corrected chi connectivity index (χ1v) is 5.72. The zero-order valence-corrected chi connectivity index (χ0v) is 10.5. The predicted molar refractivity (Wildman–Crippen MR) is 63.1 cm³/mol. The molecule has 1 heterocycles. The predicted octanol–water partition coefficient (Wildman–Crippen LogP) is 1.21. The van der Waals surface area contributed by atoms with Crippen LogP contribution < -0.4 is 0 Å². The molecule has 1 aromatic rings. The molecule has 0 amide bonds. The van der Waals surface area contributed by atoms with Crippen molar-refractivity contribution >= 4 is 0 Å². The summed E-state index contributed by atoms with van der Waals surface area (Å²) in [5, 5.41) is 23.9. The van der Waals surface area contributed by atoms with Gasteiger partial charge in [0.05, 0.1) is 18.4 Å². The van der Waals surface area contributed by atoms with Gasteiger partial charge in [0, 0.05) is 19.2 Å². The second-order valence-corrected chi connectivity index (χ2v) is 5.29. The fourth-order valence-corrected chi connectivity index (χ4v) is 1.62. The van der Waals surface area contributed by atoms with E-state index >= 15 is 0 Å². The summed E-state index contributed by atoms with van der Waals surface area (Å²) in [4.78, 5) is 0. The maximum Gasteiger partial charge on any atom is 0.0850 e. The van der Waals surface area contributed by atoms with Crippen LogP contribution in [0.2, 0.25) is 0 Å². The Balaban J connectivity index is 2.60. The molecule has 0 aliphatic carbocycles. The summed E-state index contributed by atoms with van der Waals surface area (Å²) in [6.07, 6.45) is 2.62. The van der Waals surface area contributed by atoms with Crippen molar-refractivity contribution < 1.29 is 10.2 Å². The van der Waals surface area contributed by atoms with E-state index in [1.807, 2.05) is 38.6 Å². The molecular formula is C12H22N2O2. The molecule has 4 nitrogen and oxygen atoms in total. The number of rotatable bonds is 4. The zero-order chi connectivity index (χ0) is 12.3. The van der Waals surface area contributed by atoms with Crippen LogP contribution in [0.1, 0.15) is 33.3 Å². The Morgan fingerprint density at radius 3 is 2.44 bits per heavy atom. The molecule has 0 bridgehead atoms. The first-order valence-electron chi connectivity index (χ1n) is 5.72. The lowest BCUT2D eigenvalue weighted by Gasteiger charge is -2.29.